The lowest BCUT2D eigenvalue weighted by molar-refractivity contribution is -0.129. The van der Waals surface area contributed by atoms with Crippen molar-refractivity contribution in [3.8, 4) is 11.8 Å². The molecule has 0 amide bonds. The van der Waals surface area contributed by atoms with Gasteiger partial charge in [-0.25, -0.2) is 22.5 Å². The molecule has 0 fully saturated rings. The van der Waals surface area contributed by atoms with Gasteiger partial charge >= 0.3 is 5.97 Å². The van der Waals surface area contributed by atoms with Crippen LogP contribution in [-0.2, 0) is 19.6 Å². The first-order chi connectivity index (χ1) is 13.8. The summed E-state index contributed by atoms with van der Waals surface area (Å²) in [5.74, 6) is -0.0671. The van der Waals surface area contributed by atoms with E-state index >= 15 is 0 Å². The Labute approximate surface area is 168 Å². The molecule has 0 atom stereocenters. The Balaban J connectivity index is 1.87. The SMILES string of the molecule is CN(C)S(=O)(=O)c1cccc(C2=N/C(=C\c3ccc(OCC#N)cc3)C(=O)O2)c1. The lowest BCUT2D eigenvalue weighted by Gasteiger charge is -2.11. The van der Waals surface area contributed by atoms with Crippen molar-refractivity contribution in [2.24, 2.45) is 4.99 Å². The number of hydrogen-bond donors (Lipinski definition) is 0. The van der Waals surface area contributed by atoms with Gasteiger partial charge in [0, 0.05) is 19.7 Å². The highest BCUT2D eigenvalue weighted by atomic mass is 32.2. The number of ether oxygens (including phenoxy) is 2. The van der Waals surface area contributed by atoms with Gasteiger partial charge in [-0.15, -0.1) is 0 Å². The van der Waals surface area contributed by atoms with Gasteiger partial charge in [-0.05, 0) is 42.0 Å². The third-order valence-corrected chi connectivity index (χ3v) is 5.78. The molecule has 9 heteroatoms. The molecule has 0 aromatic heterocycles. The molecule has 3 rings (SSSR count). The number of rotatable bonds is 6. The van der Waals surface area contributed by atoms with Crippen molar-refractivity contribution < 1.29 is 22.7 Å². The largest absolute Gasteiger partial charge is 0.479 e. The molecule has 1 aliphatic rings. The third kappa shape index (κ3) is 4.51. The molecule has 0 saturated carbocycles. The van der Waals surface area contributed by atoms with E-state index in [4.69, 9.17) is 14.7 Å². The maximum Gasteiger partial charge on any atom is 0.363 e. The Morgan fingerprint density at radius 2 is 1.93 bits per heavy atom. The summed E-state index contributed by atoms with van der Waals surface area (Å²) >= 11 is 0. The number of cyclic esters (lactones) is 1. The van der Waals surface area contributed by atoms with E-state index in [1.807, 2.05) is 6.07 Å². The Hall–Kier alpha value is -3.48. The van der Waals surface area contributed by atoms with E-state index in [9.17, 15) is 13.2 Å². The minimum absolute atomic E-state index is 0.0334. The first kappa shape index (κ1) is 20.3. The molecule has 29 heavy (non-hydrogen) atoms. The summed E-state index contributed by atoms with van der Waals surface area (Å²) in [4.78, 5) is 16.4. The molecule has 2 aromatic rings. The number of esters is 1. The van der Waals surface area contributed by atoms with Crippen LogP contribution in [0.4, 0.5) is 0 Å². The van der Waals surface area contributed by atoms with Crippen LogP contribution in [0, 0.1) is 11.3 Å². The second kappa shape index (κ2) is 8.26. The van der Waals surface area contributed by atoms with Crippen LogP contribution in [0.5, 0.6) is 5.75 Å². The van der Waals surface area contributed by atoms with E-state index in [2.05, 4.69) is 4.99 Å². The zero-order valence-electron chi connectivity index (χ0n) is 15.7. The lowest BCUT2D eigenvalue weighted by atomic mass is 10.2. The van der Waals surface area contributed by atoms with Crippen molar-refractivity contribution in [1.82, 2.24) is 4.31 Å². The van der Waals surface area contributed by atoms with Gasteiger partial charge in [-0.1, -0.05) is 18.2 Å². The predicted octanol–water partition coefficient (Wildman–Crippen LogP) is 2.18. The van der Waals surface area contributed by atoms with Crippen LogP contribution in [0.2, 0.25) is 0 Å². The zero-order chi connectivity index (χ0) is 21.0. The summed E-state index contributed by atoms with van der Waals surface area (Å²) in [5.41, 5.74) is 1.16. The van der Waals surface area contributed by atoms with Crippen molar-refractivity contribution in [3.63, 3.8) is 0 Å². The smallest absolute Gasteiger partial charge is 0.363 e. The normalized spacial score (nSPS) is 15.2. The molecule has 1 heterocycles. The zero-order valence-corrected chi connectivity index (χ0v) is 16.5. The Kier molecular flexibility index (Phi) is 5.77. The topological polar surface area (TPSA) is 109 Å². The average molecular weight is 411 g/mol. The van der Waals surface area contributed by atoms with Gasteiger partial charge in [0.15, 0.2) is 12.3 Å². The Bertz CT molecular complexity index is 1140. The number of hydrogen-bond acceptors (Lipinski definition) is 7. The number of nitriles is 1. The maximum atomic E-state index is 12.3. The van der Waals surface area contributed by atoms with Gasteiger partial charge in [-0.2, -0.15) is 5.26 Å². The molecule has 0 spiro atoms. The van der Waals surface area contributed by atoms with Crippen LogP contribution >= 0.6 is 0 Å². The number of nitrogens with zero attached hydrogens (tertiary/aromatic N) is 3. The van der Waals surface area contributed by atoms with E-state index in [1.54, 1.807) is 42.5 Å². The van der Waals surface area contributed by atoms with Gasteiger partial charge in [0.05, 0.1) is 4.90 Å². The van der Waals surface area contributed by atoms with Crippen molar-refractivity contribution in [2.45, 2.75) is 4.90 Å². The number of aliphatic imine (C=N–C) groups is 1. The number of carbonyl (C=O) groups is 1. The molecule has 0 saturated heterocycles. The molecule has 0 bridgehead atoms. The lowest BCUT2D eigenvalue weighted by Crippen LogP contribution is -2.22. The molecule has 0 N–H and O–H groups in total. The molecule has 8 nitrogen and oxygen atoms in total. The summed E-state index contributed by atoms with van der Waals surface area (Å²) in [6, 6.07) is 14.7. The standard InChI is InChI=1S/C20H17N3O5S/c1-23(2)29(25,26)17-5-3-4-15(13-17)19-22-18(20(24)28-19)12-14-6-8-16(9-7-14)27-11-10-21/h3-9,12-13H,11H2,1-2H3/b18-12-. The van der Waals surface area contributed by atoms with E-state index in [0.717, 1.165) is 4.31 Å². The average Bonchev–Trinajstić information content (AvgIpc) is 3.08. The maximum absolute atomic E-state index is 12.3. The monoisotopic (exact) mass is 411 g/mol. The van der Waals surface area contributed by atoms with Crippen LogP contribution in [0.25, 0.3) is 6.08 Å². The van der Waals surface area contributed by atoms with Crippen LogP contribution in [-0.4, -0.2) is 45.3 Å². The highest BCUT2D eigenvalue weighted by Gasteiger charge is 2.26. The van der Waals surface area contributed by atoms with E-state index in [1.165, 1.54) is 26.2 Å². The number of carbonyl (C=O) groups excluding carboxylic acids is 1. The third-order valence-electron chi connectivity index (χ3n) is 3.97. The molecule has 0 unspecified atom stereocenters. The quantitative estimate of drug-likeness (QED) is 0.532. The van der Waals surface area contributed by atoms with Crippen molar-refractivity contribution >= 4 is 28.0 Å². The summed E-state index contributed by atoms with van der Waals surface area (Å²) in [6.07, 6.45) is 1.55. The van der Waals surface area contributed by atoms with Gasteiger partial charge in [0.2, 0.25) is 15.9 Å². The van der Waals surface area contributed by atoms with Crippen LogP contribution in [0.1, 0.15) is 11.1 Å². The summed E-state index contributed by atoms with van der Waals surface area (Å²) in [5, 5.41) is 8.52. The second-order valence-electron chi connectivity index (χ2n) is 6.17. The summed E-state index contributed by atoms with van der Waals surface area (Å²) < 4.78 is 36.1. The van der Waals surface area contributed by atoms with Gasteiger partial charge in [0.1, 0.15) is 11.8 Å². The van der Waals surface area contributed by atoms with Gasteiger partial charge in [-0.3, -0.25) is 0 Å². The van der Waals surface area contributed by atoms with E-state index in [0.29, 0.717) is 16.9 Å². The minimum Gasteiger partial charge on any atom is -0.479 e. The Morgan fingerprint density at radius 3 is 2.59 bits per heavy atom. The van der Waals surface area contributed by atoms with E-state index < -0.39 is 16.0 Å². The highest BCUT2D eigenvalue weighted by Crippen LogP contribution is 2.22. The van der Waals surface area contributed by atoms with Crippen molar-refractivity contribution in [2.75, 3.05) is 20.7 Å². The molecule has 2 aromatic carbocycles. The minimum atomic E-state index is -3.62. The van der Waals surface area contributed by atoms with Crippen LogP contribution < -0.4 is 4.74 Å². The first-order valence-electron chi connectivity index (χ1n) is 8.46. The Morgan fingerprint density at radius 1 is 1.21 bits per heavy atom. The first-order valence-corrected chi connectivity index (χ1v) is 9.90. The molecule has 1 aliphatic heterocycles. The molecular weight excluding hydrogens is 394 g/mol. The fraction of sp³-hybridized carbons (Fsp3) is 0.150. The van der Waals surface area contributed by atoms with Crippen LogP contribution in [0.3, 0.4) is 0 Å². The molecule has 148 valence electrons. The summed E-state index contributed by atoms with van der Waals surface area (Å²) in [6.45, 7) is -0.0526. The highest BCUT2D eigenvalue weighted by molar-refractivity contribution is 7.89. The number of sulfonamides is 1. The van der Waals surface area contributed by atoms with Gasteiger partial charge < -0.3 is 9.47 Å². The van der Waals surface area contributed by atoms with Gasteiger partial charge in [0.25, 0.3) is 0 Å². The molecule has 0 radical (unpaired) electrons. The van der Waals surface area contributed by atoms with Crippen molar-refractivity contribution in [3.05, 3.63) is 65.4 Å². The van der Waals surface area contributed by atoms with E-state index in [-0.39, 0.29) is 23.1 Å². The summed E-state index contributed by atoms with van der Waals surface area (Å²) in [7, 11) is -0.750. The fourth-order valence-corrected chi connectivity index (χ4v) is 3.41. The molecular formula is C20H17N3O5S. The fourth-order valence-electron chi connectivity index (χ4n) is 2.47. The predicted molar refractivity (Wildman–Crippen MR) is 105 cm³/mol. The molecule has 0 aliphatic carbocycles. The number of benzene rings is 2. The van der Waals surface area contributed by atoms with Crippen molar-refractivity contribution in [1.29, 1.82) is 5.26 Å². The van der Waals surface area contributed by atoms with Crippen LogP contribution in [0.15, 0.2) is 64.1 Å². The second-order valence-corrected chi connectivity index (χ2v) is 8.32.